The summed E-state index contributed by atoms with van der Waals surface area (Å²) in [6, 6.07) is 2.40. The van der Waals surface area contributed by atoms with Crippen LogP contribution in [0.15, 0.2) is 97.2 Å². The predicted octanol–water partition coefficient (Wildman–Crippen LogP) is 1.13. The van der Waals surface area contributed by atoms with E-state index in [1.807, 2.05) is 12.2 Å². The second kappa shape index (κ2) is 55.4. The molecule has 15 amide bonds. The lowest BCUT2D eigenvalue weighted by atomic mass is 9.89. The number of aliphatic carboxylic acids is 1. The van der Waals surface area contributed by atoms with Gasteiger partial charge in [0, 0.05) is 75.1 Å². The standard InChI is InChI=1S/C98H144N18O23/c1-53(2)45-66-52-103-70(39-41-76(99)120)82(126)81(125)58(8)105-88(132)75(49-65-51-102-69-34-28-27-33-68(65)69)110-89(133)73(48-64-35-37-67(119)38-36-64)109-87(131)71(40-42-77(121)122)112-95(139)98(16,116-91(135)74(47-63-31-25-24-26-32-63)111-92(136)78(61(11)117)113-90(134)72(46-54(3)4)108-62(12)118)44-30-23-21-19-17-18-20-22-29-43-97(15,115-86(66)130)94(138)107-60(10)85(129)114-96(13,14)93(137)106-59(9)84(128)104-57(7)80(124)79(123)56(6)101-50-55(5)83(100)127/h18,20,24-28,31-38,51,53-61,66,70-75,78,101-103,117,119H,17,19,21-23,29-30,39-50,52H2,1-16H3,(H2,99,120)(H2,100,127)(H,104,128)(H,105,132)(H,106,137)(H,107,138)(H,108,118)(H,109,131)(H,110,133)(H,111,136)(H,112,139)(H,113,134)(H,114,129)(H,115,130)(H,116,135)(H,121,122)/b20-18+/t55-,56-,57-,58-,59?,60-,61+,66+,70-,71-,72-,73?,74-,75-,78-,97-,98+/m0/s1. The van der Waals surface area contributed by atoms with E-state index in [0.717, 1.165) is 0 Å². The van der Waals surface area contributed by atoms with Crippen molar-refractivity contribution in [2.24, 2.45) is 35.1 Å². The number of aromatic amines is 1. The highest BCUT2D eigenvalue weighted by Gasteiger charge is 2.45. The number of phenolic OH excluding ortho intramolecular Hbond substituents is 1. The Morgan fingerprint density at radius 2 is 1.14 bits per heavy atom. The Hall–Kier alpha value is -13.2. The number of hydrogen-bond donors (Lipinski definition) is 21. The monoisotopic (exact) mass is 1940 g/mol. The van der Waals surface area contributed by atoms with Crippen LogP contribution in [0, 0.1) is 23.7 Å². The third kappa shape index (κ3) is 38.3. The number of rotatable bonds is 39. The number of carboxylic acid groups (broad SMARTS) is 1. The van der Waals surface area contributed by atoms with E-state index < -0.39 is 257 Å². The van der Waals surface area contributed by atoms with Crippen molar-refractivity contribution in [1.82, 2.24) is 84.7 Å². The molecule has 2 unspecified atom stereocenters. The molecule has 23 N–H and O–H groups in total. The number of H-pyrrole nitrogens is 1. The first-order valence-corrected chi connectivity index (χ1v) is 47.3. The molecule has 2 heterocycles. The number of aliphatic hydroxyl groups excluding tert-OH is 1. The Kier molecular flexibility index (Phi) is 46.4. The second-order valence-corrected chi connectivity index (χ2v) is 38.0. The molecular weight excluding hydrogens is 1800 g/mol. The number of aromatic hydroxyl groups is 1. The number of ketones is 4. The van der Waals surface area contributed by atoms with E-state index in [2.05, 4.69) is 84.7 Å². The van der Waals surface area contributed by atoms with Crippen LogP contribution in [0.2, 0.25) is 0 Å². The number of carbonyl (C=O) groups excluding carboxylic acids is 19. The van der Waals surface area contributed by atoms with Gasteiger partial charge in [0.1, 0.15) is 70.7 Å². The maximum Gasteiger partial charge on any atom is 0.303 e. The molecule has 139 heavy (non-hydrogen) atoms. The molecule has 5 rings (SSSR count). The van der Waals surface area contributed by atoms with Gasteiger partial charge in [-0.2, -0.15) is 0 Å². The number of nitrogens with two attached hydrogens (primary N) is 2. The van der Waals surface area contributed by atoms with Gasteiger partial charge in [-0.1, -0.05) is 127 Å². The van der Waals surface area contributed by atoms with Gasteiger partial charge < -0.3 is 112 Å². The van der Waals surface area contributed by atoms with Gasteiger partial charge in [-0.25, -0.2) is 0 Å². The Morgan fingerprint density at radius 1 is 0.554 bits per heavy atom. The van der Waals surface area contributed by atoms with Crippen molar-refractivity contribution in [2.45, 2.75) is 322 Å². The maximum absolute atomic E-state index is 15.6. The van der Waals surface area contributed by atoms with Crippen LogP contribution in [0.3, 0.4) is 0 Å². The molecule has 1 aliphatic heterocycles. The number of nitrogens with one attached hydrogen (secondary N) is 16. The third-order valence-electron chi connectivity index (χ3n) is 24.0. The zero-order valence-electron chi connectivity index (χ0n) is 82.4. The number of carboxylic acids is 1. The number of hydrogen-bond acceptors (Lipinski definition) is 24. The average molecular weight is 1940 g/mol. The predicted molar refractivity (Wildman–Crippen MR) is 515 cm³/mol. The fraction of sp³-hybridized carbons (Fsp3) is 0.571. The van der Waals surface area contributed by atoms with Gasteiger partial charge in [-0.05, 0) is 180 Å². The second-order valence-electron chi connectivity index (χ2n) is 38.0. The Labute approximate surface area is 810 Å². The van der Waals surface area contributed by atoms with E-state index in [1.54, 1.807) is 88.5 Å². The van der Waals surface area contributed by atoms with E-state index in [9.17, 15) is 77.6 Å². The van der Waals surface area contributed by atoms with Gasteiger partial charge in [0.25, 0.3) is 0 Å². The number of aromatic nitrogens is 1. The molecule has 0 bridgehead atoms. The molecule has 4 aromatic rings. The minimum Gasteiger partial charge on any atom is -0.508 e. The number of phenols is 1. The largest absolute Gasteiger partial charge is 0.508 e. The van der Waals surface area contributed by atoms with E-state index in [0.29, 0.717) is 59.7 Å². The summed E-state index contributed by atoms with van der Waals surface area (Å²) in [7, 11) is 0. The molecule has 0 saturated carbocycles. The number of benzene rings is 3. The fourth-order valence-electron chi connectivity index (χ4n) is 15.5. The normalized spacial score (nSPS) is 21.8. The summed E-state index contributed by atoms with van der Waals surface area (Å²) < 4.78 is 0. The molecule has 1 aromatic heterocycles. The smallest absolute Gasteiger partial charge is 0.303 e. The van der Waals surface area contributed by atoms with Crippen molar-refractivity contribution in [3.8, 4) is 5.75 Å². The van der Waals surface area contributed by atoms with Crippen molar-refractivity contribution in [3.63, 3.8) is 0 Å². The lowest BCUT2D eigenvalue weighted by Crippen LogP contribution is -2.65. The average Bonchev–Trinajstić information content (AvgIpc) is 1.81. The molecule has 0 radical (unpaired) electrons. The number of carbonyl (C=O) groups is 20. The molecule has 0 aliphatic carbocycles. The van der Waals surface area contributed by atoms with Crippen LogP contribution in [0.4, 0.5) is 0 Å². The van der Waals surface area contributed by atoms with Crippen LogP contribution in [-0.2, 0) is 115 Å². The highest BCUT2D eigenvalue weighted by Crippen LogP contribution is 2.26. The number of amides is 15. The van der Waals surface area contributed by atoms with E-state index in [-0.39, 0.29) is 82.0 Å². The third-order valence-corrected chi connectivity index (χ3v) is 24.0. The summed E-state index contributed by atoms with van der Waals surface area (Å²) in [5, 5.41) is 72.1. The van der Waals surface area contributed by atoms with E-state index in [1.165, 1.54) is 107 Å². The molecule has 41 heteroatoms. The number of Topliss-reactive ketones (excluding diaryl/α,β-unsaturated/α-hetero) is 4. The summed E-state index contributed by atoms with van der Waals surface area (Å²) in [6.45, 7) is 22.6. The van der Waals surface area contributed by atoms with Crippen molar-refractivity contribution in [1.29, 1.82) is 0 Å². The molecule has 17 atom stereocenters. The van der Waals surface area contributed by atoms with Crippen LogP contribution in [0.5, 0.6) is 5.75 Å². The number of aliphatic hydroxyl groups is 1. The molecule has 0 saturated heterocycles. The van der Waals surface area contributed by atoms with Crippen LogP contribution in [0.25, 0.3) is 10.9 Å². The topological polar surface area (TPSA) is 650 Å². The fourth-order valence-corrected chi connectivity index (χ4v) is 15.5. The van der Waals surface area contributed by atoms with Gasteiger partial charge in [-0.3, -0.25) is 95.9 Å². The van der Waals surface area contributed by atoms with Gasteiger partial charge in [-0.15, -0.1) is 0 Å². The summed E-state index contributed by atoms with van der Waals surface area (Å²) in [6.07, 6.45) is 2.85. The van der Waals surface area contributed by atoms with E-state index in [4.69, 9.17) is 11.5 Å². The maximum atomic E-state index is 15.6. The molecule has 1 aliphatic rings. The minimum absolute atomic E-state index is 0.00666. The van der Waals surface area contributed by atoms with Crippen LogP contribution >= 0.6 is 0 Å². The summed E-state index contributed by atoms with van der Waals surface area (Å²) in [4.78, 5) is 284. The van der Waals surface area contributed by atoms with Gasteiger partial charge in [0.05, 0.1) is 36.2 Å². The number of primary amides is 2. The first kappa shape index (κ1) is 116. The number of allylic oxidation sites excluding steroid dienone is 2. The summed E-state index contributed by atoms with van der Waals surface area (Å²) >= 11 is 0. The Balaban J connectivity index is 1.60. The molecule has 764 valence electrons. The molecule has 41 nitrogen and oxygen atoms in total. The zero-order valence-corrected chi connectivity index (χ0v) is 82.4. The van der Waals surface area contributed by atoms with Gasteiger partial charge in [0.15, 0.2) is 0 Å². The first-order valence-electron chi connectivity index (χ1n) is 47.3. The SMILES string of the molecule is CC(=O)N[C@@H](CC(C)C)C(=O)N[C@H](C(=O)N[C@@H](Cc1ccccc1)C(=O)N[C@]1(C)CCCCCC/C=C/CCC[C@@](C)(C(=O)N[C@@H](C)C(=O)NC(C)(C)C(=O)NC(C)C(=O)N[C@@H](C)C(=O)C(=O)[C@H](C)NC[C@H](C)C(N)=O)NC(=O)[C@H](CC(C)C)CN[C@@H](CCC(N)=O)C(=O)C(=O)[C@H](C)NC(=O)[C@H](Cc2c[nH]c3ccccc23)NC(=O)C(Cc2ccc(O)cc2)NC(=O)[C@H](CCC(=O)O)NC1=O)[C@@H](C)O. The molecular formula is C98H144N18O23. The number of para-hydroxylation sites is 1. The van der Waals surface area contributed by atoms with Crippen molar-refractivity contribution in [3.05, 3.63) is 114 Å². The molecule has 0 spiro atoms. The van der Waals surface area contributed by atoms with Crippen molar-refractivity contribution < 1.29 is 111 Å². The molecule has 0 fully saturated rings. The lowest BCUT2D eigenvalue weighted by Gasteiger charge is -2.34. The Bertz CT molecular complexity index is 5020. The molecule has 3 aromatic carbocycles. The lowest BCUT2D eigenvalue weighted by molar-refractivity contribution is -0.140. The highest BCUT2D eigenvalue weighted by molar-refractivity contribution is 6.41. The van der Waals surface area contributed by atoms with Crippen LogP contribution in [-0.4, -0.2) is 246 Å². The van der Waals surface area contributed by atoms with Gasteiger partial charge >= 0.3 is 5.97 Å². The minimum atomic E-state index is -2.08. The van der Waals surface area contributed by atoms with E-state index >= 15 is 33.6 Å². The Morgan fingerprint density at radius 3 is 1.76 bits per heavy atom. The van der Waals surface area contributed by atoms with Crippen LogP contribution < -0.4 is 91.2 Å². The highest BCUT2D eigenvalue weighted by atomic mass is 16.4. The number of fused-ring (bicyclic) bond motifs is 1. The quantitative estimate of drug-likeness (QED) is 0.0220. The zero-order chi connectivity index (χ0) is 104. The van der Waals surface area contributed by atoms with Crippen molar-refractivity contribution >= 4 is 129 Å². The van der Waals surface area contributed by atoms with Gasteiger partial charge in [0.2, 0.25) is 112 Å². The first-order chi connectivity index (χ1) is 65.1. The summed E-state index contributed by atoms with van der Waals surface area (Å²) in [5.74, 6) is -21.7. The van der Waals surface area contributed by atoms with Crippen molar-refractivity contribution in [2.75, 3.05) is 13.1 Å². The summed E-state index contributed by atoms with van der Waals surface area (Å²) in [5.41, 5.74) is 7.03. The van der Waals surface area contributed by atoms with Crippen LogP contribution in [0.1, 0.15) is 224 Å².